The van der Waals surface area contributed by atoms with Crippen molar-refractivity contribution in [2.24, 2.45) is 0 Å². The van der Waals surface area contributed by atoms with Gasteiger partial charge in [-0.05, 0) is 40.9 Å². The van der Waals surface area contributed by atoms with Gasteiger partial charge >= 0.3 is 0 Å². The molecule has 0 atom stereocenters. The maximum Gasteiger partial charge on any atom is 0.224 e. The number of amides is 1. The topological polar surface area (TPSA) is 55.1 Å². The molecule has 0 aliphatic heterocycles. The third kappa shape index (κ3) is 3.58. The fourth-order valence-corrected chi connectivity index (χ4v) is 2.73. The van der Waals surface area contributed by atoms with Crippen molar-refractivity contribution in [3.63, 3.8) is 0 Å². The highest BCUT2D eigenvalue weighted by Gasteiger charge is 2.06. The normalized spacial score (nSPS) is 10.5. The molecule has 3 rings (SSSR count). The van der Waals surface area contributed by atoms with Crippen LogP contribution < -0.4 is 5.32 Å². The molecule has 0 aliphatic rings. The first-order valence-corrected chi connectivity index (χ1v) is 7.55. The average molecular weight is 298 g/mol. The van der Waals surface area contributed by atoms with Gasteiger partial charge in [-0.25, -0.2) is 4.98 Å². The highest BCUT2D eigenvalue weighted by atomic mass is 32.1. The van der Waals surface area contributed by atoms with Crippen LogP contribution in [0.5, 0.6) is 0 Å². The average Bonchev–Trinajstić information content (AvgIpc) is 3.19. The van der Waals surface area contributed by atoms with Crippen molar-refractivity contribution in [1.29, 1.82) is 0 Å². The quantitative estimate of drug-likeness (QED) is 0.775. The molecule has 0 bridgehead atoms. The lowest BCUT2D eigenvalue weighted by Gasteiger charge is -2.06. The Kier molecular flexibility index (Phi) is 4.12. The SMILES string of the molecule is O=C(CCc1ccsc1)Nc1cccc(-c2cnco2)c1. The molecule has 1 aromatic carbocycles. The number of hydrogen-bond donors (Lipinski definition) is 1. The van der Waals surface area contributed by atoms with E-state index in [0.29, 0.717) is 12.2 Å². The summed E-state index contributed by atoms with van der Waals surface area (Å²) in [5.74, 6) is 0.695. The van der Waals surface area contributed by atoms with Crippen molar-refractivity contribution in [1.82, 2.24) is 4.98 Å². The Morgan fingerprint density at radius 3 is 3.05 bits per heavy atom. The number of thiophene rings is 1. The third-order valence-corrected chi connectivity index (χ3v) is 3.82. The number of hydrogen-bond acceptors (Lipinski definition) is 4. The molecule has 5 heteroatoms. The van der Waals surface area contributed by atoms with Crippen LogP contribution >= 0.6 is 11.3 Å². The monoisotopic (exact) mass is 298 g/mol. The molecular weight excluding hydrogens is 284 g/mol. The summed E-state index contributed by atoms with van der Waals surface area (Å²) < 4.78 is 5.25. The number of rotatable bonds is 5. The maximum atomic E-state index is 12.0. The van der Waals surface area contributed by atoms with Crippen LogP contribution in [0.25, 0.3) is 11.3 Å². The molecule has 2 aromatic heterocycles. The molecule has 0 unspecified atom stereocenters. The van der Waals surface area contributed by atoms with E-state index >= 15 is 0 Å². The number of nitrogens with one attached hydrogen (secondary N) is 1. The molecule has 1 N–H and O–H groups in total. The van der Waals surface area contributed by atoms with E-state index < -0.39 is 0 Å². The summed E-state index contributed by atoms with van der Waals surface area (Å²) >= 11 is 1.65. The van der Waals surface area contributed by atoms with Crippen LogP contribution in [-0.2, 0) is 11.2 Å². The minimum Gasteiger partial charge on any atom is -0.444 e. The standard InChI is InChI=1S/C16H14N2O2S/c19-16(5-4-12-6-7-21-10-12)18-14-3-1-2-13(8-14)15-9-17-11-20-15/h1-3,6-11H,4-5H2,(H,18,19). The first-order valence-electron chi connectivity index (χ1n) is 6.61. The van der Waals surface area contributed by atoms with E-state index in [9.17, 15) is 4.79 Å². The zero-order chi connectivity index (χ0) is 14.5. The zero-order valence-electron chi connectivity index (χ0n) is 11.3. The van der Waals surface area contributed by atoms with E-state index in [2.05, 4.69) is 15.7 Å². The van der Waals surface area contributed by atoms with Gasteiger partial charge in [-0.1, -0.05) is 12.1 Å². The van der Waals surface area contributed by atoms with Gasteiger partial charge in [0.05, 0.1) is 6.20 Å². The van der Waals surface area contributed by atoms with E-state index in [1.54, 1.807) is 17.5 Å². The summed E-state index contributed by atoms with van der Waals surface area (Å²) in [7, 11) is 0. The van der Waals surface area contributed by atoms with E-state index in [1.165, 1.54) is 12.0 Å². The minimum atomic E-state index is 0.0101. The molecule has 0 fully saturated rings. The second-order valence-corrected chi connectivity index (χ2v) is 5.41. The van der Waals surface area contributed by atoms with E-state index in [0.717, 1.165) is 17.7 Å². The van der Waals surface area contributed by atoms with Crippen molar-refractivity contribution in [2.45, 2.75) is 12.8 Å². The Morgan fingerprint density at radius 2 is 2.29 bits per heavy atom. The molecule has 0 aliphatic carbocycles. The summed E-state index contributed by atoms with van der Waals surface area (Å²) in [6, 6.07) is 9.59. The van der Waals surface area contributed by atoms with Crippen LogP contribution in [0.4, 0.5) is 5.69 Å². The number of aromatic nitrogens is 1. The number of aryl methyl sites for hydroxylation is 1. The molecule has 21 heavy (non-hydrogen) atoms. The minimum absolute atomic E-state index is 0.0101. The van der Waals surface area contributed by atoms with Crippen molar-refractivity contribution < 1.29 is 9.21 Å². The van der Waals surface area contributed by atoms with Crippen LogP contribution in [0, 0.1) is 0 Å². The Morgan fingerprint density at radius 1 is 1.33 bits per heavy atom. The summed E-state index contributed by atoms with van der Waals surface area (Å²) in [5, 5.41) is 7.00. The Labute approximate surface area is 126 Å². The smallest absolute Gasteiger partial charge is 0.224 e. The number of anilines is 1. The fourth-order valence-electron chi connectivity index (χ4n) is 2.02. The molecule has 0 saturated carbocycles. The van der Waals surface area contributed by atoms with Gasteiger partial charge < -0.3 is 9.73 Å². The molecule has 2 heterocycles. The molecule has 4 nitrogen and oxygen atoms in total. The first kappa shape index (κ1) is 13.6. The molecular formula is C16H14N2O2S. The van der Waals surface area contributed by atoms with Crippen LogP contribution in [0.1, 0.15) is 12.0 Å². The van der Waals surface area contributed by atoms with Crippen molar-refractivity contribution in [3.05, 3.63) is 59.2 Å². The number of carbonyl (C=O) groups excluding carboxylic acids is 1. The lowest BCUT2D eigenvalue weighted by molar-refractivity contribution is -0.116. The van der Waals surface area contributed by atoms with Gasteiger partial charge in [-0.15, -0.1) is 0 Å². The predicted molar refractivity (Wildman–Crippen MR) is 83.2 cm³/mol. The van der Waals surface area contributed by atoms with Crippen LogP contribution in [0.3, 0.4) is 0 Å². The fraction of sp³-hybridized carbons (Fsp3) is 0.125. The second kappa shape index (κ2) is 6.37. The number of nitrogens with zero attached hydrogens (tertiary/aromatic N) is 1. The van der Waals surface area contributed by atoms with Crippen LogP contribution in [0.2, 0.25) is 0 Å². The van der Waals surface area contributed by atoms with Gasteiger partial charge in [-0.2, -0.15) is 11.3 Å². The van der Waals surface area contributed by atoms with Gasteiger partial charge in [0.25, 0.3) is 0 Å². The predicted octanol–water partition coefficient (Wildman–Crippen LogP) is 3.97. The van der Waals surface area contributed by atoms with E-state index in [-0.39, 0.29) is 5.91 Å². The van der Waals surface area contributed by atoms with Gasteiger partial charge in [0.1, 0.15) is 0 Å². The van der Waals surface area contributed by atoms with Crippen LogP contribution in [0.15, 0.2) is 58.1 Å². The number of oxazole rings is 1. The highest BCUT2D eigenvalue weighted by Crippen LogP contribution is 2.22. The van der Waals surface area contributed by atoms with Gasteiger partial charge in [0, 0.05) is 17.7 Å². The Hall–Kier alpha value is -2.40. The van der Waals surface area contributed by atoms with E-state index in [1.807, 2.05) is 35.7 Å². The third-order valence-electron chi connectivity index (χ3n) is 3.08. The maximum absolute atomic E-state index is 12.0. The van der Waals surface area contributed by atoms with Crippen LogP contribution in [-0.4, -0.2) is 10.9 Å². The first-order chi connectivity index (χ1) is 10.3. The molecule has 3 aromatic rings. The van der Waals surface area contributed by atoms with Crippen molar-refractivity contribution >= 4 is 22.9 Å². The molecule has 1 amide bonds. The highest BCUT2D eigenvalue weighted by molar-refractivity contribution is 7.07. The summed E-state index contributed by atoms with van der Waals surface area (Å²) in [4.78, 5) is 15.9. The lowest BCUT2D eigenvalue weighted by atomic mass is 10.1. The molecule has 0 radical (unpaired) electrons. The summed E-state index contributed by atoms with van der Waals surface area (Å²) in [6.45, 7) is 0. The lowest BCUT2D eigenvalue weighted by Crippen LogP contribution is -2.12. The molecule has 0 saturated heterocycles. The van der Waals surface area contributed by atoms with Gasteiger partial charge in [0.15, 0.2) is 12.2 Å². The Bertz CT molecular complexity index is 706. The van der Waals surface area contributed by atoms with Crippen molar-refractivity contribution in [2.75, 3.05) is 5.32 Å². The summed E-state index contributed by atoms with van der Waals surface area (Å²) in [6.07, 6.45) is 4.28. The zero-order valence-corrected chi connectivity index (χ0v) is 12.1. The number of benzene rings is 1. The largest absolute Gasteiger partial charge is 0.444 e. The van der Waals surface area contributed by atoms with Crippen molar-refractivity contribution in [3.8, 4) is 11.3 Å². The molecule has 106 valence electrons. The molecule has 0 spiro atoms. The van der Waals surface area contributed by atoms with Gasteiger partial charge in [-0.3, -0.25) is 4.79 Å². The number of carbonyl (C=O) groups is 1. The summed E-state index contributed by atoms with van der Waals surface area (Å²) in [5.41, 5.74) is 2.85. The second-order valence-electron chi connectivity index (χ2n) is 4.63. The Balaban J connectivity index is 1.62. The van der Waals surface area contributed by atoms with E-state index in [4.69, 9.17) is 4.42 Å². The van der Waals surface area contributed by atoms with Gasteiger partial charge in [0.2, 0.25) is 5.91 Å².